The lowest BCUT2D eigenvalue weighted by Gasteiger charge is -2.38. The molecule has 1 fully saturated rings. The normalized spacial score (nSPS) is 22.5. The van der Waals surface area contributed by atoms with Gasteiger partial charge in [-0.25, -0.2) is 0 Å². The molecule has 2 heterocycles. The number of primary amides is 1. The number of piperidine rings is 1. The fourth-order valence-corrected chi connectivity index (χ4v) is 2.99. The SMILES string of the molecule is NC(=O)[C@]1(O)CCCN(c2ccnc3ccc(Cl)cc23)C1. The first-order valence-electron chi connectivity index (χ1n) is 6.81. The standard InChI is InChI=1S/C15H16ClN3O2/c16-10-2-3-12-11(8-10)13(4-6-18-12)19-7-1-5-15(21,9-19)14(17)20/h2-4,6,8,21H,1,5,7,9H2,(H2,17,20)/t15-/m0/s1. The highest BCUT2D eigenvalue weighted by atomic mass is 35.5. The maximum Gasteiger partial charge on any atom is 0.251 e. The zero-order valence-electron chi connectivity index (χ0n) is 11.4. The monoisotopic (exact) mass is 305 g/mol. The van der Waals surface area contributed by atoms with Crippen LogP contribution in [0, 0.1) is 0 Å². The predicted molar refractivity (Wildman–Crippen MR) is 82.3 cm³/mol. The average Bonchev–Trinajstić information content (AvgIpc) is 2.46. The number of rotatable bonds is 2. The molecule has 0 bridgehead atoms. The minimum absolute atomic E-state index is 0.188. The molecule has 3 N–H and O–H groups in total. The molecule has 5 nitrogen and oxygen atoms in total. The van der Waals surface area contributed by atoms with E-state index in [-0.39, 0.29) is 6.54 Å². The van der Waals surface area contributed by atoms with Crippen LogP contribution in [0.3, 0.4) is 0 Å². The summed E-state index contributed by atoms with van der Waals surface area (Å²) in [5.74, 6) is -0.677. The topological polar surface area (TPSA) is 79.5 Å². The molecule has 1 aliphatic rings. The largest absolute Gasteiger partial charge is 0.378 e. The Labute approximate surface area is 127 Å². The van der Waals surface area contributed by atoms with Crippen LogP contribution < -0.4 is 10.6 Å². The zero-order chi connectivity index (χ0) is 15.0. The summed E-state index contributed by atoms with van der Waals surface area (Å²) in [5, 5.41) is 11.9. The van der Waals surface area contributed by atoms with Crippen LogP contribution in [0.4, 0.5) is 5.69 Å². The third-order valence-corrected chi connectivity index (χ3v) is 4.19. The maximum absolute atomic E-state index is 11.5. The molecule has 110 valence electrons. The minimum Gasteiger partial charge on any atom is -0.378 e. The molecule has 1 aromatic heterocycles. The molecule has 6 heteroatoms. The van der Waals surface area contributed by atoms with Gasteiger partial charge in [-0.3, -0.25) is 9.78 Å². The second-order valence-electron chi connectivity index (χ2n) is 5.41. The molecule has 1 aliphatic heterocycles. The molecule has 2 aromatic rings. The van der Waals surface area contributed by atoms with Crippen LogP contribution in [0.15, 0.2) is 30.5 Å². The Morgan fingerprint density at radius 2 is 2.24 bits per heavy atom. The van der Waals surface area contributed by atoms with Gasteiger partial charge in [-0.2, -0.15) is 0 Å². The number of amides is 1. The summed E-state index contributed by atoms with van der Waals surface area (Å²) in [5.41, 5.74) is 5.58. The highest BCUT2D eigenvalue weighted by molar-refractivity contribution is 6.31. The van der Waals surface area contributed by atoms with Gasteiger partial charge in [-0.05, 0) is 37.1 Å². The average molecular weight is 306 g/mol. The second-order valence-corrected chi connectivity index (χ2v) is 5.85. The third-order valence-electron chi connectivity index (χ3n) is 3.95. The van der Waals surface area contributed by atoms with Crippen LogP contribution in [0.5, 0.6) is 0 Å². The fraction of sp³-hybridized carbons (Fsp3) is 0.333. The molecule has 0 radical (unpaired) electrons. The summed E-state index contributed by atoms with van der Waals surface area (Å²) in [6, 6.07) is 7.35. The van der Waals surface area contributed by atoms with Crippen molar-refractivity contribution in [1.82, 2.24) is 4.98 Å². The van der Waals surface area contributed by atoms with Gasteiger partial charge in [0, 0.05) is 28.8 Å². The number of halogens is 1. The molecular formula is C15H16ClN3O2. The number of β-amino-alcohol motifs (C(OH)–C–C–N with tert-alkyl or cyclic N) is 1. The Kier molecular flexibility index (Phi) is 3.47. The van der Waals surface area contributed by atoms with Crippen LogP contribution in [0.25, 0.3) is 10.9 Å². The van der Waals surface area contributed by atoms with Gasteiger partial charge in [-0.1, -0.05) is 11.6 Å². The third kappa shape index (κ3) is 2.54. The highest BCUT2D eigenvalue weighted by Gasteiger charge is 2.39. The van der Waals surface area contributed by atoms with E-state index in [9.17, 15) is 9.90 Å². The number of hydrogen-bond acceptors (Lipinski definition) is 4. The van der Waals surface area contributed by atoms with E-state index in [0.29, 0.717) is 17.9 Å². The zero-order valence-corrected chi connectivity index (χ0v) is 12.2. The van der Waals surface area contributed by atoms with Crippen LogP contribution in [0.2, 0.25) is 5.02 Å². The van der Waals surface area contributed by atoms with Crippen molar-refractivity contribution in [1.29, 1.82) is 0 Å². The number of pyridine rings is 1. The fourth-order valence-electron chi connectivity index (χ4n) is 2.82. The van der Waals surface area contributed by atoms with Crippen molar-refractivity contribution in [3.63, 3.8) is 0 Å². The number of aromatic nitrogens is 1. The quantitative estimate of drug-likeness (QED) is 0.885. The number of benzene rings is 1. The van der Waals surface area contributed by atoms with Gasteiger partial charge < -0.3 is 15.7 Å². The molecule has 1 amide bonds. The molecule has 21 heavy (non-hydrogen) atoms. The van der Waals surface area contributed by atoms with E-state index in [0.717, 1.165) is 23.1 Å². The van der Waals surface area contributed by atoms with Gasteiger partial charge in [0.1, 0.15) is 0 Å². The van der Waals surface area contributed by atoms with Crippen LogP contribution in [-0.4, -0.2) is 34.7 Å². The summed E-state index contributed by atoms with van der Waals surface area (Å²) in [6.07, 6.45) is 2.80. The highest BCUT2D eigenvalue weighted by Crippen LogP contribution is 2.32. The minimum atomic E-state index is -1.48. The van der Waals surface area contributed by atoms with E-state index in [1.165, 1.54) is 0 Å². The van der Waals surface area contributed by atoms with Crippen molar-refractivity contribution in [2.75, 3.05) is 18.0 Å². The van der Waals surface area contributed by atoms with E-state index in [4.69, 9.17) is 17.3 Å². The van der Waals surface area contributed by atoms with Crippen molar-refractivity contribution in [3.05, 3.63) is 35.5 Å². The molecule has 0 aliphatic carbocycles. The molecule has 1 saturated heterocycles. The number of aliphatic hydroxyl groups is 1. The van der Waals surface area contributed by atoms with Crippen molar-refractivity contribution in [2.24, 2.45) is 5.73 Å². The Balaban J connectivity index is 2.04. The van der Waals surface area contributed by atoms with Crippen LogP contribution in [-0.2, 0) is 4.79 Å². The smallest absolute Gasteiger partial charge is 0.251 e. The predicted octanol–water partition coefficient (Wildman–Crippen LogP) is 1.70. The van der Waals surface area contributed by atoms with Gasteiger partial charge in [0.05, 0.1) is 12.1 Å². The van der Waals surface area contributed by atoms with E-state index in [2.05, 4.69) is 4.98 Å². The Morgan fingerprint density at radius 3 is 3.00 bits per heavy atom. The van der Waals surface area contributed by atoms with Crippen molar-refractivity contribution >= 4 is 34.1 Å². The Bertz CT molecular complexity index is 706. The van der Waals surface area contributed by atoms with Crippen molar-refractivity contribution < 1.29 is 9.90 Å². The van der Waals surface area contributed by atoms with E-state index >= 15 is 0 Å². The van der Waals surface area contributed by atoms with E-state index < -0.39 is 11.5 Å². The summed E-state index contributed by atoms with van der Waals surface area (Å²) in [7, 11) is 0. The number of fused-ring (bicyclic) bond motifs is 1. The number of carbonyl (C=O) groups excluding carboxylic acids is 1. The molecular weight excluding hydrogens is 290 g/mol. The van der Waals surface area contributed by atoms with E-state index in [1.807, 2.05) is 23.1 Å². The molecule has 1 aromatic carbocycles. The van der Waals surface area contributed by atoms with Gasteiger partial charge in [0.25, 0.3) is 5.91 Å². The first-order chi connectivity index (χ1) is 9.99. The molecule has 0 spiro atoms. The maximum atomic E-state index is 11.5. The van der Waals surface area contributed by atoms with E-state index in [1.54, 1.807) is 12.3 Å². The molecule has 0 unspecified atom stereocenters. The van der Waals surface area contributed by atoms with Gasteiger partial charge in [0.2, 0.25) is 0 Å². The van der Waals surface area contributed by atoms with Crippen molar-refractivity contribution in [3.8, 4) is 0 Å². The summed E-state index contributed by atoms with van der Waals surface area (Å²) in [6.45, 7) is 0.940. The molecule has 1 atom stereocenters. The Morgan fingerprint density at radius 1 is 1.43 bits per heavy atom. The summed E-state index contributed by atoms with van der Waals surface area (Å²) < 4.78 is 0. The number of carbonyl (C=O) groups is 1. The van der Waals surface area contributed by atoms with Crippen LogP contribution >= 0.6 is 11.6 Å². The second kappa shape index (κ2) is 5.16. The molecule has 3 rings (SSSR count). The van der Waals surface area contributed by atoms with Crippen LogP contribution in [0.1, 0.15) is 12.8 Å². The van der Waals surface area contributed by atoms with Gasteiger partial charge in [-0.15, -0.1) is 0 Å². The summed E-state index contributed by atoms with van der Waals surface area (Å²) in [4.78, 5) is 17.8. The number of nitrogens with zero attached hydrogens (tertiary/aromatic N) is 2. The summed E-state index contributed by atoms with van der Waals surface area (Å²) >= 11 is 6.07. The number of hydrogen-bond donors (Lipinski definition) is 2. The first-order valence-corrected chi connectivity index (χ1v) is 7.19. The Hall–Kier alpha value is -1.85. The van der Waals surface area contributed by atoms with Gasteiger partial charge in [0.15, 0.2) is 5.60 Å². The van der Waals surface area contributed by atoms with Gasteiger partial charge >= 0.3 is 0 Å². The lowest BCUT2D eigenvalue weighted by atomic mass is 9.91. The first kappa shape index (κ1) is 14.1. The number of anilines is 1. The van der Waals surface area contributed by atoms with Crippen molar-refractivity contribution in [2.45, 2.75) is 18.4 Å². The lowest BCUT2D eigenvalue weighted by Crippen LogP contribution is -2.56. The number of nitrogens with two attached hydrogens (primary N) is 1. The molecule has 0 saturated carbocycles. The lowest BCUT2D eigenvalue weighted by molar-refractivity contribution is -0.137.